The topological polar surface area (TPSA) is 105 Å². The first-order valence-corrected chi connectivity index (χ1v) is 13.4. The number of hydrogen-bond donors (Lipinski definition) is 1. The van der Waals surface area contributed by atoms with Gasteiger partial charge in [-0.3, -0.25) is 13.9 Å². The molecule has 1 heterocycles. The van der Waals surface area contributed by atoms with Crippen molar-refractivity contribution < 1.29 is 27.5 Å². The third-order valence-electron chi connectivity index (χ3n) is 5.55. The summed E-state index contributed by atoms with van der Waals surface area (Å²) >= 11 is 12.1. The molecule has 0 unspecified atom stereocenters. The van der Waals surface area contributed by atoms with Gasteiger partial charge in [-0.1, -0.05) is 29.3 Å². The number of amides is 2. The van der Waals surface area contributed by atoms with Crippen LogP contribution in [-0.2, 0) is 26.2 Å². The molecule has 0 saturated carbocycles. The second-order valence-corrected chi connectivity index (χ2v) is 10.8. The highest BCUT2D eigenvalue weighted by Crippen LogP contribution is 2.36. The number of rotatable bonds is 10. The Kier molecular flexibility index (Phi) is 8.74. The van der Waals surface area contributed by atoms with E-state index in [1.54, 1.807) is 43.3 Å². The molecule has 0 radical (unpaired) electrons. The summed E-state index contributed by atoms with van der Waals surface area (Å²) in [7, 11) is -2.13. The summed E-state index contributed by atoms with van der Waals surface area (Å²) in [5, 5.41) is 3.28. The molecule has 2 amide bonds. The molecule has 1 atom stereocenters. The van der Waals surface area contributed by atoms with E-state index in [0.29, 0.717) is 32.8 Å². The van der Waals surface area contributed by atoms with Crippen molar-refractivity contribution in [1.29, 1.82) is 0 Å². The van der Waals surface area contributed by atoms with Crippen molar-refractivity contribution in [3.8, 4) is 11.5 Å². The second kappa shape index (κ2) is 11.4. The van der Waals surface area contributed by atoms with Crippen LogP contribution in [0.3, 0.4) is 0 Å². The molecule has 1 aliphatic heterocycles. The summed E-state index contributed by atoms with van der Waals surface area (Å²) in [6, 6.07) is 9.12. The number of carbonyl (C=O) groups is 2. The Morgan fingerprint density at radius 1 is 1.09 bits per heavy atom. The van der Waals surface area contributed by atoms with E-state index < -0.39 is 16.1 Å². The van der Waals surface area contributed by atoms with Crippen LogP contribution in [0.2, 0.25) is 10.0 Å². The molecule has 2 aromatic carbocycles. The van der Waals surface area contributed by atoms with Crippen molar-refractivity contribution >= 4 is 50.7 Å². The van der Waals surface area contributed by atoms with E-state index in [0.717, 1.165) is 6.26 Å². The zero-order valence-corrected chi connectivity index (χ0v) is 21.9. The molecule has 1 aliphatic rings. The predicted molar refractivity (Wildman–Crippen MR) is 135 cm³/mol. The van der Waals surface area contributed by atoms with Gasteiger partial charge in [0, 0.05) is 32.6 Å². The van der Waals surface area contributed by atoms with Crippen molar-refractivity contribution in [2.45, 2.75) is 32.4 Å². The van der Waals surface area contributed by atoms with Crippen molar-refractivity contribution in [3.63, 3.8) is 0 Å². The summed E-state index contributed by atoms with van der Waals surface area (Å²) in [4.78, 5) is 26.9. The molecular weight excluding hydrogens is 517 g/mol. The average Bonchev–Trinajstić information content (AvgIpc) is 3.28. The number of sulfonamides is 1. The van der Waals surface area contributed by atoms with Gasteiger partial charge < -0.3 is 19.7 Å². The van der Waals surface area contributed by atoms with E-state index in [4.69, 9.17) is 32.7 Å². The van der Waals surface area contributed by atoms with E-state index in [2.05, 4.69) is 5.32 Å². The Bertz CT molecular complexity index is 1210. The fourth-order valence-electron chi connectivity index (χ4n) is 3.67. The van der Waals surface area contributed by atoms with Crippen molar-refractivity contribution in [1.82, 2.24) is 10.2 Å². The first-order valence-electron chi connectivity index (χ1n) is 10.8. The maximum Gasteiger partial charge on any atom is 0.242 e. The highest BCUT2D eigenvalue weighted by Gasteiger charge is 2.27. The van der Waals surface area contributed by atoms with E-state index in [1.165, 1.54) is 16.3 Å². The van der Waals surface area contributed by atoms with Crippen molar-refractivity contribution in [3.05, 3.63) is 52.0 Å². The smallest absolute Gasteiger partial charge is 0.242 e. The van der Waals surface area contributed by atoms with Gasteiger partial charge in [0.15, 0.2) is 11.5 Å². The quantitative estimate of drug-likeness (QED) is 0.492. The van der Waals surface area contributed by atoms with Gasteiger partial charge in [0.25, 0.3) is 0 Å². The number of fused-ring (bicyclic) bond motifs is 1. The van der Waals surface area contributed by atoms with E-state index in [1.807, 2.05) is 0 Å². The summed E-state index contributed by atoms with van der Waals surface area (Å²) in [5.41, 5.74) is 1.12. The molecule has 3 rings (SSSR count). The summed E-state index contributed by atoms with van der Waals surface area (Å²) < 4.78 is 36.8. The van der Waals surface area contributed by atoms with Crippen molar-refractivity contribution in [2.24, 2.45) is 0 Å². The first-order chi connectivity index (χ1) is 16.5. The monoisotopic (exact) mass is 543 g/mol. The summed E-state index contributed by atoms with van der Waals surface area (Å²) in [5.74, 6) is 0.376. The zero-order chi connectivity index (χ0) is 25.8. The predicted octanol–water partition coefficient (Wildman–Crippen LogP) is 3.43. The minimum Gasteiger partial charge on any atom is -0.454 e. The molecule has 12 heteroatoms. The van der Waals surface area contributed by atoms with E-state index in [-0.39, 0.29) is 44.5 Å². The number of hydrogen-bond acceptors (Lipinski definition) is 6. The van der Waals surface area contributed by atoms with Crippen LogP contribution in [0.4, 0.5) is 5.69 Å². The number of ether oxygens (including phenoxy) is 2. The van der Waals surface area contributed by atoms with Crippen molar-refractivity contribution in [2.75, 3.05) is 30.9 Å². The summed E-state index contributed by atoms with van der Waals surface area (Å²) in [6.45, 7) is 1.91. The molecule has 190 valence electrons. The molecule has 0 aromatic heterocycles. The number of likely N-dealkylation sites (N-methyl/N-ethyl adjacent to an activating group) is 1. The summed E-state index contributed by atoms with van der Waals surface area (Å²) in [6.07, 6.45) is 1.36. The Morgan fingerprint density at radius 3 is 2.46 bits per heavy atom. The van der Waals surface area contributed by atoms with E-state index in [9.17, 15) is 18.0 Å². The third-order valence-corrected chi connectivity index (χ3v) is 7.48. The number of anilines is 1. The van der Waals surface area contributed by atoms with Crippen LogP contribution < -0.4 is 19.1 Å². The number of nitrogens with zero attached hydrogens (tertiary/aromatic N) is 2. The molecule has 0 aliphatic carbocycles. The van der Waals surface area contributed by atoms with E-state index >= 15 is 0 Å². The molecule has 0 saturated heterocycles. The highest BCUT2D eigenvalue weighted by atomic mass is 35.5. The molecule has 1 N–H and O–H groups in total. The third kappa shape index (κ3) is 6.71. The van der Waals surface area contributed by atoms with Gasteiger partial charge in [0.2, 0.25) is 28.6 Å². The minimum atomic E-state index is -3.62. The Morgan fingerprint density at radius 2 is 1.80 bits per heavy atom. The van der Waals surface area contributed by atoms with Gasteiger partial charge in [-0.25, -0.2) is 8.42 Å². The largest absolute Gasteiger partial charge is 0.454 e. The van der Waals surface area contributed by atoms with Crippen LogP contribution in [-0.4, -0.2) is 57.8 Å². The normalized spacial score (nSPS) is 13.3. The van der Waals surface area contributed by atoms with Crippen LogP contribution >= 0.6 is 23.2 Å². The standard InChI is InChI=1S/C23H27Cl2N3O6S/c1-15(23(30)26-2)27(13-16-6-8-18(24)19(25)11-16)22(29)5-4-10-28(35(3,31)32)17-7-9-20-21(12-17)34-14-33-20/h6-9,11-12,15H,4-5,10,13-14H2,1-3H3,(H,26,30)/t15-/m0/s1. The molecule has 35 heavy (non-hydrogen) atoms. The lowest BCUT2D eigenvalue weighted by atomic mass is 10.1. The fraction of sp³-hybridized carbons (Fsp3) is 0.391. The SMILES string of the molecule is CNC(=O)[C@H](C)N(Cc1ccc(Cl)c(Cl)c1)C(=O)CCCN(c1ccc2c(c1)OCO2)S(C)(=O)=O. The van der Waals surface area contributed by atoms with Crippen LogP contribution in [0.15, 0.2) is 36.4 Å². The molecular formula is C23H27Cl2N3O6S. The molecule has 2 aromatic rings. The van der Waals surface area contributed by atoms with Gasteiger partial charge in [0.05, 0.1) is 22.0 Å². The maximum absolute atomic E-state index is 13.2. The van der Waals surface area contributed by atoms with Crippen LogP contribution in [0.5, 0.6) is 11.5 Å². The Labute approximate surface area is 214 Å². The van der Waals surface area contributed by atoms with Gasteiger partial charge in [-0.15, -0.1) is 0 Å². The molecule has 9 nitrogen and oxygen atoms in total. The first kappa shape index (κ1) is 26.9. The van der Waals surface area contributed by atoms with Crippen LogP contribution in [0.1, 0.15) is 25.3 Å². The van der Waals surface area contributed by atoms with Crippen LogP contribution in [0.25, 0.3) is 0 Å². The Hall–Kier alpha value is -2.69. The Balaban J connectivity index is 1.73. The zero-order valence-electron chi connectivity index (χ0n) is 19.6. The van der Waals surface area contributed by atoms with Crippen LogP contribution in [0, 0.1) is 0 Å². The number of nitrogens with one attached hydrogen (secondary N) is 1. The minimum absolute atomic E-state index is 0.0270. The number of benzene rings is 2. The average molecular weight is 544 g/mol. The lowest BCUT2D eigenvalue weighted by molar-refractivity contribution is -0.140. The molecule has 0 fully saturated rings. The second-order valence-electron chi connectivity index (χ2n) is 8.04. The fourth-order valence-corrected chi connectivity index (χ4v) is 4.95. The number of carbonyl (C=O) groups excluding carboxylic acids is 2. The van der Waals surface area contributed by atoms with Gasteiger partial charge >= 0.3 is 0 Å². The van der Waals surface area contributed by atoms with Gasteiger partial charge in [-0.2, -0.15) is 0 Å². The lowest BCUT2D eigenvalue weighted by Gasteiger charge is -2.29. The number of halogens is 2. The van der Waals surface area contributed by atoms with Gasteiger partial charge in [0.1, 0.15) is 6.04 Å². The van der Waals surface area contributed by atoms with Gasteiger partial charge in [-0.05, 0) is 43.2 Å². The maximum atomic E-state index is 13.2. The lowest BCUT2D eigenvalue weighted by Crippen LogP contribution is -2.46. The molecule has 0 spiro atoms. The molecule has 0 bridgehead atoms. The highest BCUT2D eigenvalue weighted by molar-refractivity contribution is 7.92.